The number of pyridine rings is 2. The van der Waals surface area contributed by atoms with Gasteiger partial charge in [-0.2, -0.15) is 0 Å². The minimum absolute atomic E-state index is 0.124. The van der Waals surface area contributed by atoms with Gasteiger partial charge in [0, 0.05) is 12.4 Å². The average Bonchev–Trinajstić information content (AvgIpc) is 2.37. The Morgan fingerprint density at radius 3 is 1.30 bits per heavy atom. The molecule has 0 aliphatic carbocycles. The molecule has 0 aromatic carbocycles. The third-order valence-corrected chi connectivity index (χ3v) is 3.51. The van der Waals surface area contributed by atoms with E-state index in [1.807, 2.05) is 12.4 Å². The number of nitrogens with zero attached hydrogens (tertiary/aromatic N) is 2. The highest BCUT2D eigenvalue weighted by Crippen LogP contribution is 2.28. The molecule has 0 atom stereocenters. The van der Waals surface area contributed by atoms with Gasteiger partial charge in [-0.05, 0) is 46.2 Å². The zero-order valence-electron chi connectivity index (χ0n) is 13.4. The van der Waals surface area contributed by atoms with E-state index >= 15 is 0 Å². The molecule has 0 saturated heterocycles. The lowest BCUT2D eigenvalue weighted by Gasteiger charge is -2.21. The van der Waals surface area contributed by atoms with Crippen LogP contribution in [0.15, 0.2) is 36.7 Å². The first-order chi connectivity index (χ1) is 9.18. The van der Waals surface area contributed by atoms with Crippen LogP contribution in [0.2, 0.25) is 0 Å². The van der Waals surface area contributed by atoms with Crippen LogP contribution in [-0.2, 0) is 10.8 Å². The Bertz CT molecular complexity index is 546. The molecule has 2 nitrogen and oxygen atoms in total. The SMILES string of the molecule is CC(C)(C)c1ccnc(-c2cc(C(C)(C)C)cc[15n]2)c1. The molecule has 106 valence electrons. The largest absolute Gasteiger partial charge is 0.255 e. The smallest absolute Gasteiger partial charge is 0.0889 e. The first kappa shape index (κ1) is 14.7. The van der Waals surface area contributed by atoms with Crippen molar-refractivity contribution in [2.75, 3.05) is 0 Å². The highest BCUT2D eigenvalue weighted by atomic mass is 15.4. The molecule has 0 saturated carbocycles. The predicted molar refractivity (Wildman–Crippen MR) is 84.9 cm³/mol. The second-order valence-corrected chi connectivity index (χ2v) is 7.36. The van der Waals surface area contributed by atoms with E-state index in [1.54, 1.807) is 0 Å². The fraction of sp³-hybridized carbons (Fsp3) is 0.444. The van der Waals surface area contributed by atoms with E-state index in [2.05, 4.69) is 75.8 Å². The van der Waals surface area contributed by atoms with Crippen LogP contribution in [0, 0.1) is 0 Å². The average molecular weight is 269 g/mol. The van der Waals surface area contributed by atoms with Crippen LogP contribution < -0.4 is 0 Å². The Morgan fingerprint density at radius 2 is 1.00 bits per heavy atom. The Hall–Kier alpha value is -1.70. The summed E-state index contributed by atoms with van der Waals surface area (Å²) in [7, 11) is 0. The van der Waals surface area contributed by atoms with E-state index in [4.69, 9.17) is 0 Å². The van der Waals surface area contributed by atoms with Crippen LogP contribution in [0.1, 0.15) is 52.7 Å². The second-order valence-electron chi connectivity index (χ2n) is 7.36. The first-order valence-electron chi connectivity index (χ1n) is 7.11. The van der Waals surface area contributed by atoms with E-state index in [-0.39, 0.29) is 10.8 Å². The summed E-state index contributed by atoms with van der Waals surface area (Å²) < 4.78 is 0. The molecule has 2 rings (SSSR count). The maximum Gasteiger partial charge on any atom is 0.0889 e. The van der Waals surface area contributed by atoms with Gasteiger partial charge in [-0.3, -0.25) is 9.97 Å². The van der Waals surface area contributed by atoms with E-state index in [9.17, 15) is 0 Å². The lowest BCUT2D eigenvalue weighted by molar-refractivity contribution is 0.588. The summed E-state index contributed by atoms with van der Waals surface area (Å²) in [6, 6.07) is 8.46. The van der Waals surface area contributed by atoms with E-state index < -0.39 is 0 Å². The fourth-order valence-electron chi connectivity index (χ4n) is 2.07. The second kappa shape index (κ2) is 5.01. The van der Waals surface area contributed by atoms with Crippen LogP contribution >= 0.6 is 0 Å². The van der Waals surface area contributed by atoms with Crippen molar-refractivity contribution in [3.05, 3.63) is 47.8 Å². The third kappa shape index (κ3) is 3.24. The summed E-state index contributed by atoms with van der Waals surface area (Å²) in [6.45, 7) is 13.3. The van der Waals surface area contributed by atoms with Crippen LogP contribution in [-0.4, -0.2) is 9.97 Å². The van der Waals surface area contributed by atoms with Gasteiger partial charge < -0.3 is 0 Å². The van der Waals surface area contributed by atoms with Gasteiger partial charge in [0.2, 0.25) is 0 Å². The third-order valence-electron chi connectivity index (χ3n) is 3.51. The summed E-state index contributed by atoms with van der Waals surface area (Å²) >= 11 is 0. The van der Waals surface area contributed by atoms with Gasteiger partial charge in [0.25, 0.3) is 0 Å². The molecule has 0 unspecified atom stereocenters. The molecule has 0 radical (unpaired) electrons. The molecule has 2 heterocycles. The molecule has 2 aromatic rings. The maximum absolute atomic E-state index is 4.48. The molecular weight excluding hydrogens is 245 g/mol. The van der Waals surface area contributed by atoms with Crippen molar-refractivity contribution in [2.24, 2.45) is 0 Å². The first-order valence-corrected chi connectivity index (χ1v) is 7.11. The summed E-state index contributed by atoms with van der Waals surface area (Å²) in [6.07, 6.45) is 3.75. The van der Waals surface area contributed by atoms with Gasteiger partial charge in [0.05, 0.1) is 11.4 Å². The van der Waals surface area contributed by atoms with Gasteiger partial charge in [-0.15, -0.1) is 0 Å². The zero-order valence-corrected chi connectivity index (χ0v) is 13.4. The Kier molecular flexibility index (Phi) is 3.68. The Morgan fingerprint density at radius 1 is 0.650 bits per heavy atom. The molecule has 0 spiro atoms. The number of hydrogen-bond acceptors (Lipinski definition) is 2. The molecule has 2 aromatic heterocycles. The monoisotopic (exact) mass is 269 g/mol. The van der Waals surface area contributed by atoms with Crippen molar-refractivity contribution in [1.82, 2.24) is 9.97 Å². The maximum atomic E-state index is 4.48. The summed E-state index contributed by atoms with van der Waals surface area (Å²) in [4.78, 5) is 8.97. The van der Waals surface area contributed by atoms with Gasteiger partial charge in [0.1, 0.15) is 0 Å². The van der Waals surface area contributed by atoms with Gasteiger partial charge >= 0.3 is 0 Å². The molecule has 0 aliphatic rings. The van der Waals surface area contributed by atoms with Gasteiger partial charge in [-0.1, -0.05) is 41.5 Å². The highest BCUT2D eigenvalue weighted by Gasteiger charge is 2.17. The number of hydrogen-bond donors (Lipinski definition) is 0. The predicted octanol–water partition coefficient (Wildman–Crippen LogP) is 4.74. The van der Waals surface area contributed by atoms with E-state index in [0.717, 1.165) is 11.4 Å². The van der Waals surface area contributed by atoms with Crippen molar-refractivity contribution in [3.8, 4) is 11.4 Å². The van der Waals surface area contributed by atoms with Crippen molar-refractivity contribution >= 4 is 0 Å². The number of aromatic nitrogens is 2. The van der Waals surface area contributed by atoms with Crippen molar-refractivity contribution < 1.29 is 0 Å². The highest BCUT2D eigenvalue weighted by molar-refractivity contribution is 5.56. The van der Waals surface area contributed by atoms with E-state index in [1.165, 1.54) is 11.1 Å². The lowest BCUT2D eigenvalue weighted by Crippen LogP contribution is -2.12. The van der Waals surface area contributed by atoms with Crippen molar-refractivity contribution in [3.63, 3.8) is 0 Å². The molecule has 0 aliphatic heterocycles. The molecule has 0 bridgehead atoms. The standard InChI is InChI=1S/C18H24N2/c1-17(2,3)13-7-9-19-15(11-13)16-12-14(8-10-20-16)18(4,5)6/h7-12H,1-6H3/i19+1. The van der Waals surface area contributed by atoms with Crippen LogP contribution in [0.3, 0.4) is 0 Å². The van der Waals surface area contributed by atoms with Crippen molar-refractivity contribution in [2.45, 2.75) is 52.4 Å². The molecule has 0 N–H and O–H groups in total. The minimum atomic E-state index is 0.124. The zero-order chi connectivity index (χ0) is 15.0. The molecule has 2 heteroatoms. The normalized spacial score (nSPS) is 12.5. The quantitative estimate of drug-likeness (QED) is 0.747. The van der Waals surface area contributed by atoms with E-state index in [0.29, 0.717) is 0 Å². The van der Waals surface area contributed by atoms with Gasteiger partial charge in [0.15, 0.2) is 0 Å². The number of rotatable bonds is 1. The summed E-state index contributed by atoms with van der Waals surface area (Å²) in [5.74, 6) is 0. The lowest BCUT2D eigenvalue weighted by atomic mass is 9.86. The van der Waals surface area contributed by atoms with Gasteiger partial charge in [-0.25, -0.2) is 0 Å². The van der Waals surface area contributed by atoms with Crippen molar-refractivity contribution in [1.29, 1.82) is 0 Å². The Labute approximate surface area is 122 Å². The van der Waals surface area contributed by atoms with Crippen LogP contribution in [0.25, 0.3) is 11.4 Å². The Balaban J connectivity index is 2.47. The fourth-order valence-corrected chi connectivity index (χ4v) is 2.07. The summed E-state index contributed by atoms with van der Waals surface area (Å²) in [5.41, 5.74) is 4.71. The van der Waals surface area contributed by atoms with Crippen LogP contribution in [0.4, 0.5) is 0 Å². The summed E-state index contributed by atoms with van der Waals surface area (Å²) in [5, 5.41) is 0. The topological polar surface area (TPSA) is 25.8 Å². The minimum Gasteiger partial charge on any atom is -0.255 e. The molecule has 20 heavy (non-hydrogen) atoms. The molecule has 0 fully saturated rings. The van der Waals surface area contributed by atoms with Crippen LogP contribution in [0.5, 0.6) is 0 Å². The molecule has 0 amide bonds. The molecular formula is C18H24N2.